The number of rotatable bonds is 4. The molecule has 0 unspecified atom stereocenters. The number of benzene rings is 1. The van der Waals surface area contributed by atoms with Gasteiger partial charge in [-0.25, -0.2) is 4.79 Å². The van der Waals surface area contributed by atoms with Gasteiger partial charge in [-0.15, -0.1) is 0 Å². The predicted molar refractivity (Wildman–Crippen MR) is 116 cm³/mol. The van der Waals surface area contributed by atoms with Gasteiger partial charge in [-0.05, 0) is 52.3 Å². The summed E-state index contributed by atoms with van der Waals surface area (Å²) in [6, 6.07) is 5.47. The molecule has 0 bridgehead atoms. The molecule has 0 saturated carbocycles. The van der Waals surface area contributed by atoms with E-state index in [4.69, 9.17) is 4.74 Å². The van der Waals surface area contributed by atoms with Gasteiger partial charge in [-0.3, -0.25) is 14.4 Å². The summed E-state index contributed by atoms with van der Waals surface area (Å²) < 4.78 is 7.16. The van der Waals surface area contributed by atoms with Gasteiger partial charge in [-0.2, -0.15) is 5.10 Å². The van der Waals surface area contributed by atoms with E-state index in [0.717, 1.165) is 11.1 Å². The quantitative estimate of drug-likeness (QED) is 0.829. The number of amides is 2. The highest BCUT2D eigenvalue weighted by Crippen LogP contribution is 2.39. The summed E-state index contributed by atoms with van der Waals surface area (Å²) in [7, 11) is 0. The molecule has 0 fully saturated rings. The van der Waals surface area contributed by atoms with E-state index in [-0.39, 0.29) is 24.7 Å². The van der Waals surface area contributed by atoms with E-state index in [1.807, 2.05) is 59.0 Å². The molecule has 1 aliphatic heterocycles. The molecule has 2 amide bonds. The molecule has 1 aromatic heterocycles. The lowest BCUT2D eigenvalue weighted by Crippen LogP contribution is -2.51. The van der Waals surface area contributed by atoms with E-state index in [2.05, 4.69) is 5.10 Å². The van der Waals surface area contributed by atoms with Crippen LogP contribution in [0, 0.1) is 0 Å². The van der Waals surface area contributed by atoms with Crippen molar-refractivity contribution in [1.29, 1.82) is 0 Å². The fourth-order valence-corrected chi connectivity index (χ4v) is 3.60. The lowest BCUT2D eigenvalue weighted by atomic mass is 10.0. The molecule has 1 aromatic carbocycles. The molecule has 0 aliphatic carbocycles. The van der Waals surface area contributed by atoms with Crippen molar-refractivity contribution in [1.82, 2.24) is 9.78 Å². The van der Waals surface area contributed by atoms with Crippen LogP contribution in [0.3, 0.4) is 0 Å². The first-order valence-corrected chi connectivity index (χ1v) is 10.1. The van der Waals surface area contributed by atoms with Gasteiger partial charge in [0, 0.05) is 25.2 Å². The van der Waals surface area contributed by atoms with Crippen molar-refractivity contribution in [2.45, 2.75) is 59.2 Å². The summed E-state index contributed by atoms with van der Waals surface area (Å²) in [6.07, 6.45) is 2.91. The van der Waals surface area contributed by atoms with Crippen LogP contribution in [0.2, 0.25) is 0 Å². The molecule has 0 radical (unpaired) electrons. The molecule has 162 valence electrons. The molecule has 8 nitrogen and oxygen atoms in total. The topological polar surface area (TPSA) is 87.9 Å². The molecular formula is C22H30N4O4. The van der Waals surface area contributed by atoms with Gasteiger partial charge in [0.25, 0.3) is 0 Å². The minimum absolute atomic E-state index is 0.0431. The first-order chi connectivity index (χ1) is 14.0. The largest absolute Gasteiger partial charge is 0.446 e. The zero-order valence-electron chi connectivity index (χ0n) is 18.4. The standard InChI is InChI=1S/C22H30N4O4/c1-14(2)30-21(29)24-11-15(3)26(16(4)28)19-8-7-17(9-20(19)24)18-10-23-25(12-18)22(5,6)13-27/h7-10,12,14-15,27H,11,13H2,1-6H3/t15-/m0/s1. The van der Waals surface area contributed by atoms with Crippen LogP contribution >= 0.6 is 0 Å². The monoisotopic (exact) mass is 414 g/mol. The van der Waals surface area contributed by atoms with Gasteiger partial charge >= 0.3 is 6.09 Å². The third-order valence-corrected chi connectivity index (χ3v) is 5.23. The second kappa shape index (κ2) is 8.10. The molecule has 1 atom stereocenters. The van der Waals surface area contributed by atoms with Gasteiger partial charge < -0.3 is 14.7 Å². The Labute approximate surface area is 177 Å². The Morgan fingerprint density at radius 3 is 2.57 bits per heavy atom. The predicted octanol–water partition coefficient (Wildman–Crippen LogP) is 3.38. The number of anilines is 2. The van der Waals surface area contributed by atoms with Gasteiger partial charge in [-0.1, -0.05) is 6.07 Å². The lowest BCUT2D eigenvalue weighted by Gasteiger charge is -2.40. The average Bonchev–Trinajstić information content (AvgIpc) is 3.17. The highest BCUT2D eigenvalue weighted by molar-refractivity contribution is 6.03. The number of hydrogen-bond donors (Lipinski definition) is 1. The average molecular weight is 415 g/mol. The fraction of sp³-hybridized carbons (Fsp3) is 0.500. The van der Waals surface area contributed by atoms with E-state index in [0.29, 0.717) is 17.9 Å². The zero-order chi connectivity index (χ0) is 22.2. The Hall–Kier alpha value is -2.87. The molecule has 0 spiro atoms. The maximum absolute atomic E-state index is 12.8. The Morgan fingerprint density at radius 2 is 1.97 bits per heavy atom. The number of nitrogens with zero attached hydrogens (tertiary/aromatic N) is 4. The van der Waals surface area contributed by atoms with Crippen molar-refractivity contribution in [2.75, 3.05) is 23.0 Å². The van der Waals surface area contributed by atoms with E-state index in [9.17, 15) is 14.7 Å². The van der Waals surface area contributed by atoms with Crippen LogP contribution in [0.4, 0.5) is 16.2 Å². The summed E-state index contributed by atoms with van der Waals surface area (Å²) in [5, 5.41) is 14.0. The number of hydrogen-bond acceptors (Lipinski definition) is 5. The minimum atomic E-state index is -0.527. The Kier molecular flexibility index (Phi) is 5.90. The van der Waals surface area contributed by atoms with E-state index >= 15 is 0 Å². The van der Waals surface area contributed by atoms with Crippen LogP contribution in [-0.4, -0.2) is 52.2 Å². The Balaban J connectivity index is 2.07. The number of ether oxygens (including phenoxy) is 1. The van der Waals surface area contributed by atoms with Crippen molar-refractivity contribution in [2.24, 2.45) is 0 Å². The molecule has 8 heteroatoms. The number of aliphatic hydroxyl groups excluding tert-OH is 1. The van der Waals surface area contributed by atoms with E-state index in [1.165, 1.54) is 6.92 Å². The number of carbonyl (C=O) groups is 2. The van der Waals surface area contributed by atoms with Crippen LogP contribution in [-0.2, 0) is 15.1 Å². The first-order valence-electron chi connectivity index (χ1n) is 10.1. The van der Waals surface area contributed by atoms with Crippen LogP contribution < -0.4 is 9.80 Å². The number of aromatic nitrogens is 2. The summed E-state index contributed by atoms with van der Waals surface area (Å²) >= 11 is 0. The molecule has 1 aliphatic rings. The van der Waals surface area contributed by atoms with Crippen LogP contribution in [0.1, 0.15) is 41.5 Å². The molecule has 2 heterocycles. The van der Waals surface area contributed by atoms with Gasteiger partial charge in [0.15, 0.2) is 0 Å². The fourth-order valence-electron chi connectivity index (χ4n) is 3.60. The summed E-state index contributed by atoms with van der Waals surface area (Å²) in [5.41, 5.74) is 2.48. The smallest absolute Gasteiger partial charge is 0.414 e. The van der Waals surface area contributed by atoms with E-state index < -0.39 is 11.6 Å². The lowest BCUT2D eigenvalue weighted by molar-refractivity contribution is -0.117. The SMILES string of the molecule is CC(=O)N1c2ccc(-c3cnn(C(C)(C)CO)c3)cc2N(C(=O)OC(C)C)C[C@@H]1C. The number of aliphatic hydroxyl groups is 1. The second-order valence-corrected chi connectivity index (χ2v) is 8.63. The molecule has 0 saturated heterocycles. The van der Waals surface area contributed by atoms with Crippen LogP contribution in [0.25, 0.3) is 11.1 Å². The van der Waals surface area contributed by atoms with Gasteiger partial charge in [0.2, 0.25) is 5.91 Å². The van der Waals surface area contributed by atoms with Gasteiger partial charge in [0.05, 0.1) is 41.9 Å². The highest BCUT2D eigenvalue weighted by Gasteiger charge is 2.35. The van der Waals surface area contributed by atoms with Crippen LogP contribution in [0.5, 0.6) is 0 Å². The Bertz CT molecular complexity index is 950. The molecule has 2 aromatic rings. The second-order valence-electron chi connectivity index (χ2n) is 8.63. The third kappa shape index (κ3) is 4.05. The van der Waals surface area contributed by atoms with Crippen molar-refractivity contribution in [3.63, 3.8) is 0 Å². The Morgan fingerprint density at radius 1 is 1.27 bits per heavy atom. The zero-order valence-corrected chi connectivity index (χ0v) is 18.4. The summed E-state index contributed by atoms with van der Waals surface area (Å²) in [4.78, 5) is 28.3. The summed E-state index contributed by atoms with van der Waals surface area (Å²) in [6.45, 7) is 11.1. The third-order valence-electron chi connectivity index (χ3n) is 5.23. The number of fused-ring (bicyclic) bond motifs is 1. The number of carbonyl (C=O) groups excluding carboxylic acids is 2. The highest BCUT2D eigenvalue weighted by atomic mass is 16.6. The van der Waals surface area contributed by atoms with E-state index in [1.54, 1.807) is 20.7 Å². The van der Waals surface area contributed by atoms with Crippen molar-refractivity contribution < 1.29 is 19.4 Å². The molecule has 3 rings (SSSR count). The normalized spacial score (nSPS) is 16.6. The summed E-state index contributed by atoms with van der Waals surface area (Å²) in [5.74, 6) is -0.0779. The minimum Gasteiger partial charge on any atom is -0.446 e. The van der Waals surface area contributed by atoms with Crippen molar-refractivity contribution >= 4 is 23.4 Å². The molecule has 1 N–H and O–H groups in total. The first kappa shape index (κ1) is 21.8. The van der Waals surface area contributed by atoms with Crippen LogP contribution in [0.15, 0.2) is 30.6 Å². The maximum atomic E-state index is 12.8. The molecular weight excluding hydrogens is 384 g/mol. The van der Waals surface area contributed by atoms with Crippen molar-refractivity contribution in [3.05, 3.63) is 30.6 Å². The van der Waals surface area contributed by atoms with Gasteiger partial charge in [0.1, 0.15) is 0 Å². The van der Waals surface area contributed by atoms with Crippen molar-refractivity contribution in [3.8, 4) is 11.1 Å². The molecule has 30 heavy (non-hydrogen) atoms. The maximum Gasteiger partial charge on any atom is 0.414 e.